The van der Waals surface area contributed by atoms with Gasteiger partial charge in [0.1, 0.15) is 5.04 Å². The minimum atomic E-state index is -3.46. The Morgan fingerprint density at radius 3 is 2.48 bits per heavy atom. The van der Waals surface area contributed by atoms with Crippen LogP contribution in [0, 0.1) is 11.0 Å². The quantitative estimate of drug-likeness (QED) is 0.476. The van der Waals surface area contributed by atoms with Gasteiger partial charge in [0, 0.05) is 24.1 Å². The highest BCUT2D eigenvalue weighted by Gasteiger charge is 2.23. The number of benzene rings is 1. The molecule has 0 fully saturated rings. The van der Waals surface area contributed by atoms with Gasteiger partial charge >= 0.3 is 0 Å². The number of allylic oxidation sites excluding steroid dienone is 2. The van der Waals surface area contributed by atoms with Gasteiger partial charge < -0.3 is 15.1 Å². The summed E-state index contributed by atoms with van der Waals surface area (Å²) >= 11 is 0. The molecule has 0 unspecified atom stereocenters. The fourth-order valence-electron chi connectivity index (χ4n) is 2.17. The van der Waals surface area contributed by atoms with Crippen LogP contribution in [-0.4, -0.2) is 30.0 Å². The predicted octanol–water partition coefficient (Wildman–Crippen LogP) is 2.59. The van der Waals surface area contributed by atoms with Gasteiger partial charge in [-0.15, -0.1) is 0 Å². The zero-order chi connectivity index (χ0) is 20.4. The molecule has 0 aliphatic carbocycles. The molecular weight excluding hydrogens is 375 g/mol. The van der Waals surface area contributed by atoms with E-state index >= 15 is 0 Å². The van der Waals surface area contributed by atoms with Crippen LogP contribution in [0.3, 0.4) is 0 Å². The number of para-hydroxylation sites is 1. The number of sulfone groups is 1. The summed E-state index contributed by atoms with van der Waals surface area (Å²) in [5, 5.41) is 13.3. The van der Waals surface area contributed by atoms with Crippen molar-refractivity contribution in [3.63, 3.8) is 0 Å². The summed E-state index contributed by atoms with van der Waals surface area (Å²) in [6.45, 7) is 4.79. The highest BCUT2D eigenvalue weighted by molar-refractivity contribution is 8.05. The number of hydrazine groups is 2. The van der Waals surface area contributed by atoms with E-state index in [2.05, 4.69) is 4.99 Å². The van der Waals surface area contributed by atoms with Crippen molar-refractivity contribution in [3.8, 4) is 5.75 Å². The average Bonchev–Trinajstić information content (AvgIpc) is 2.57. The minimum Gasteiger partial charge on any atom is -0.735 e. The van der Waals surface area contributed by atoms with E-state index in [1.54, 1.807) is 19.9 Å². The second-order valence-corrected chi connectivity index (χ2v) is 8.12. The maximum absolute atomic E-state index is 13.8. The van der Waals surface area contributed by atoms with E-state index in [0.717, 1.165) is 11.4 Å². The Bertz CT molecular complexity index is 963. The van der Waals surface area contributed by atoms with Crippen molar-refractivity contribution in [3.05, 3.63) is 70.3 Å². The van der Waals surface area contributed by atoms with Crippen molar-refractivity contribution in [2.45, 2.75) is 20.8 Å². The van der Waals surface area contributed by atoms with Gasteiger partial charge in [0.2, 0.25) is 5.88 Å². The Hall–Kier alpha value is -2.69. The Balaban J connectivity index is 2.55. The molecule has 0 bridgehead atoms. The van der Waals surface area contributed by atoms with Gasteiger partial charge in [0.05, 0.1) is 5.70 Å². The van der Waals surface area contributed by atoms with Crippen LogP contribution in [0.2, 0.25) is 0 Å². The Morgan fingerprint density at radius 2 is 1.93 bits per heavy atom. The number of halogens is 1. The highest BCUT2D eigenvalue weighted by atomic mass is 32.2. The molecule has 2 N–H and O–H groups in total. The number of nitrogens with zero attached hydrogens (tertiary/aromatic N) is 3. The first-order chi connectivity index (χ1) is 12.5. The monoisotopic (exact) mass is 395 g/mol. The summed E-state index contributed by atoms with van der Waals surface area (Å²) < 4.78 is 42.2. The van der Waals surface area contributed by atoms with Crippen molar-refractivity contribution >= 4 is 14.9 Å². The third-order valence-electron chi connectivity index (χ3n) is 3.61. The van der Waals surface area contributed by atoms with Crippen LogP contribution in [-0.2, 0) is 9.84 Å². The lowest BCUT2D eigenvalue weighted by molar-refractivity contribution is 0.0460. The first kappa shape index (κ1) is 20.6. The lowest BCUT2D eigenvalue weighted by Gasteiger charge is -2.44. The van der Waals surface area contributed by atoms with Crippen LogP contribution >= 0.6 is 0 Å². The first-order valence-corrected chi connectivity index (χ1v) is 9.70. The third kappa shape index (κ3) is 4.73. The normalized spacial score (nSPS) is 17.3. The molecule has 2 rings (SSSR count). The van der Waals surface area contributed by atoms with Crippen molar-refractivity contribution in [1.82, 2.24) is 10.3 Å². The molecule has 0 atom stereocenters. The van der Waals surface area contributed by atoms with Crippen LogP contribution in [0.5, 0.6) is 5.75 Å². The number of ether oxygens (including phenoxy) is 1. The van der Waals surface area contributed by atoms with Gasteiger partial charge in [-0.3, -0.25) is 0 Å². The van der Waals surface area contributed by atoms with E-state index in [1.807, 2.05) is 0 Å². The molecule has 1 heterocycles. The van der Waals surface area contributed by atoms with Crippen molar-refractivity contribution in [1.29, 1.82) is 0 Å². The van der Waals surface area contributed by atoms with Gasteiger partial charge in [-0.25, -0.2) is 28.8 Å². The molecule has 1 aromatic rings. The van der Waals surface area contributed by atoms with Gasteiger partial charge in [0.25, 0.3) is 0 Å². The second-order valence-electron chi connectivity index (χ2n) is 5.99. The maximum Gasteiger partial charge on any atom is 0.206 e. The average molecular weight is 395 g/mol. The van der Waals surface area contributed by atoms with Crippen molar-refractivity contribution < 1.29 is 17.5 Å². The lowest BCUT2D eigenvalue weighted by Crippen LogP contribution is -2.47. The standard InChI is InChI=1S/C17H20FN4O4S/c1-11(2)17-13(10-20-12(3)27(4,24)25)9-16(22(23)21(17)19)26-15-8-6-5-7-14(15)18/h5-10H,19H2,1-4H3/q-1/b13-10-,20-12?. The summed E-state index contributed by atoms with van der Waals surface area (Å²) in [6.07, 6.45) is 3.60. The molecule has 0 radical (unpaired) electrons. The second kappa shape index (κ2) is 7.91. The predicted molar refractivity (Wildman–Crippen MR) is 101 cm³/mol. The summed E-state index contributed by atoms with van der Waals surface area (Å²) in [4.78, 5) is 3.93. The molecule has 0 saturated carbocycles. The van der Waals surface area contributed by atoms with Crippen LogP contribution in [0.25, 0.3) is 0 Å². The van der Waals surface area contributed by atoms with E-state index in [1.165, 1.54) is 37.4 Å². The Morgan fingerprint density at radius 1 is 1.30 bits per heavy atom. The summed E-state index contributed by atoms with van der Waals surface area (Å²) in [5.74, 6) is 4.74. The topological polar surface area (TPSA) is 111 Å². The van der Waals surface area contributed by atoms with Crippen LogP contribution < -0.4 is 10.6 Å². The van der Waals surface area contributed by atoms with E-state index in [9.17, 15) is 18.0 Å². The van der Waals surface area contributed by atoms with Crippen molar-refractivity contribution in [2.75, 3.05) is 6.26 Å². The van der Waals surface area contributed by atoms with Gasteiger partial charge in [-0.2, -0.15) is 0 Å². The molecule has 27 heavy (non-hydrogen) atoms. The lowest BCUT2D eigenvalue weighted by atomic mass is 10.1. The van der Waals surface area contributed by atoms with Crippen LogP contribution in [0.4, 0.5) is 4.39 Å². The first-order valence-electron chi connectivity index (χ1n) is 7.81. The van der Waals surface area contributed by atoms with E-state index in [-0.39, 0.29) is 21.8 Å². The summed E-state index contributed by atoms with van der Waals surface area (Å²) in [7, 11) is -3.46. The maximum atomic E-state index is 13.8. The van der Waals surface area contributed by atoms with E-state index in [0.29, 0.717) is 16.8 Å². The molecule has 0 saturated heterocycles. The number of hydroxylamine groups is 1. The molecule has 1 aromatic carbocycles. The van der Waals surface area contributed by atoms with Crippen LogP contribution in [0.1, 0.15) is 20.8 Å². The molecule has 0 amide bonds. The zero-order valence-corrected chi connectivity index (χ0v) is 16.1. The summed E-state index contributed by atoms with van der Waals surface area (Å²) in [5.41, 5.74) is 1.33. The zero-order valence-electron chi connectivity index (χ0n) is 15.3. The highest BCUT2D eigenvalue weighted by Crippen LogP contribution is 2.30. The van der Waals surface area contributed by atoms with Crippen molar-refractivity contribution in [2.24, 2.45) is 10.8 Å². The molecule has 1 aliphatic rings. The number of hydrogen-bond acceptors (Lipinski definition) is 8. The van der Waals surface area contributed by atoms with Gasteiger partial charge in [-0.1, -0.05) is 12.1 Å². The number of rotatable bonds is 3. The smallest absolute Gasteiger partial charge is 0.206 e. The number of nitrogens with two attached hydrogens (primary N) is 1. The molecule has 8 nitrogen and oxygen atoms in total. The molecule has 146 valence electrons. The third-order valence-corrected chi connectivity index (χ3v) is 4.79. The fourth-order valence-corrected chi connectivity index (χ4v) is 2.41. The van der Waals surface area contributed by atoms with E-state index in [4.69, 9.17) is 10.6 Å². The number of aliphatic imine (C=N–C) groups is 1. The molecule has 1 aliphatic heterocycles. The Kier molecular flexibility index (Phi) is 6.04. The van der Waals surface area contributed by atoms with Gasteiger partial charge in [-0.05, 0) is 38.5 Å². The molecule has 0 spiro atoms. The van der Waals surface area contributed by atoms with Crippen LogP contribution in [0.15, 0.2) is 64.3 Å². The number of hydrogen-bond donors (Lipinski definition) is 1. The summed E-state index contributed by atoms with van der Waals surface area (Å²) in [6, 6.07) is 5.58. The van der Waals surface area contributed by atoms with E-state index < -0.39 is 15.7 Å². The SMILES string of the molecule is CC(=N/C=C1/C=C(Oc2ccccc2F)N([O-])N(N)C1=C(C)C)S(C)(=O)=O. The van der Waals surface area contributed by atoms with Gasteiger partial charge in [0.15, 0.2) is 21.4 Å². The molecule has 0 aromatic heterocycles. The largest absolute Gasteiger partial charge is 0.735 e. The fraction of sp³-hybridized carbons (Fsp3) is 0.235. The molecule has 10 heteroatoms. The minimum absolute atomic E-state index is 0.110. The molecular formula is C17H20FN4O4S-. The Labute approximate surface area is 157 Å².